The maximum absolute atomic E-state index is 12.6. The normalized spacial score (nSPS) is 11.4. The van der Waals surface area contributed by atoms with Gasteiger partial charge in [0.05, 0.1) is 5.69 Å². The number of hydrogen-bond acceptors (Lipinski definition) is 2. The molecule has 1 aromatic carbocycles. The minimum Gasteiger partial charge on any atom is -0.332 e. The van der Waals surface area contributed by atoms with Gasteiger partial charge in [-0.05, 0) is 32.4 Å². The van der Waals surface area contributed by atoms with Gasteiger partial charge in [-0.3, -0.25) is 9.48 Å². The first-order valence-electron chi connectivity index (χ1n) is 7.62. The van der Waals surface area contributed by atoms with Gasteiger partial charge in [-0.25, -0.2) is 0 Å². The van der Waals surface area contributed by atoms with Gasteiger partial charge in [0, 0.05) is 31.3 Å². The van der Waals surface area contributed by atoms with Crippen molar-refractivity contribution in [2.45, 2.75) is 33.4 Å². The Hall–Kier alpha value is -2.07. The van der Waals surface area contributed by atoms with Gasteiger partial charge in [-0.1, -0.05) is 41.9 Å². The zero-order valence-electron chi connectivity index (χ0n) is 14.0. The first kappa shape index (κ1) is 17.3. The summed E-state index contributed by atoms with van der Waals surface area (Å²) in [6.07, 6.45) is 3.31. The quantitative estimate of drug-likeness (QED) is 0.781. The van der Waals surface area contributed by atoms with Crippen LogP contribution in [0.5, 0.6) is 0 Å². The smallest absolute Gasteiger partial charge is 0.247 e. The summed E-state index contributed by atoms with van der Waals surface area (Å²) in [7, 11) is 1.78. The molecule has 1 heterocycles. The van der Waals surface area contributed by atoms with Crippen LogP contribution >= 0.6 is 11.6 Å². The average molecular weight is 332 g/mol. The molecule has 5 heteroatoms. The van der Waals surface area contributed by atoms with Crippen LogP contribution in [0.4, 0.5) is 0 Å². The molecule has 0 unspecified atom stereocenters. The first-order chi connectivity index (χ1) is 10.9. The molecule has 0 aliphatic heterocycles. The van der Waals surface area contributed by atoms with Gasteiger partial charge in [0.25, 0.3) is 0 Å². The molecule has 0 bridgehead atoms. The maximum atomic E-state index is 12.6. The molecule has 0 atom stereocenters. The number of carbonyl (C=O) groups excluding carboxylic acids is 1. The van der Waals surface area contributed by atoms with Crippen LogP contribution in [0.3, 0.4) is 0 Å². The molecule has 0 spiro atoms. The summed E-state index contributed by atoms with van der Waals surface area (Å²) >= 11 is 6.19. The Morgan fingerprint density at radius 3 is 2.52 bits per heavy atom. The predicted octanol–water partition coefficient (Wildman–Crippen LogP) is 3.83. The van der Waals surface area contributed by atoms with Crippen LogP contribution in [0.25, 0.3) is 6.08 Å². The molecule has 122 valence electrons. The van der Waals surface area contributed by atoms with E-state index in [9.17, 15) is 4.79 Å². The lowest BCUT2D eigenvalue weighted by Gasteiger charge is -2.25. The second-order valence-corrected chi connectivity index (χ2v) is 6.15. The van der Waals surface area contributed by atoms with Crippen LogP contribution in [-0.4, -0.2) is 26.6 Å². The van der Waals surface area contributed by atoms with Crippen LogP contribution in [0.15, 0.2) is 36.4 Å². The first-order valence-corrected chi connectivity index (χ1v) is 7.99. The molecule has 1 amide bonds. The highest BCUT2D eigenvalue weighted by molar-refractivity contribution is 6.31. The highest BCUT2D eigenvalue weighted by Crippen LogP contribution is 2.20. The molecule has 0 fully saturated rings. The summed E-state index contributed by atoms with van der Waals surface area (Å²) in [4.78, 5) is 14.4. The second-order valence-electron chi connectivity index (χ2n) is 5.79. The van der Waals surface area contributed by atoms with E-state index in [1.54, 1.807) is 23.9 Å². The van der Waals surface area contributed by atoms with Crippen LogP contribution in [0.1, 0.15) is 30.7 Å². The molecule has 2 aromatic rings. The van der Waals surface area contributed by atoms with E-state index in [4.69, 9.17) is 11.6 Å². The SMILES string of the molecule is Cc1nn(C)c(Cl)c1/C=C/C(=O)N(Cc1ccccc1)C(C)C. The Bertz CT molecular complexity index is 705. The van der Waals surface area contributed by atoms with E-state index in [2.05, 4.69) is 5.10 Å². The highest BCUT2D eigenvalue weighted by Gasteiger charge is 2.16. The number of carbonyl (C=O) groups is 1. The van der Waals surface area contributed by atoms with E-state index < -0.39 is 0 Å². The number of hydrogen-bond donors (Lipinski definition) is 0. The lowest BCUT2D eigenvalue weighted by atomic mass is 10.1. The lowest BCUT2D eigenvalue weighted by Crippen LogP contribution is -2.35. The number of benzene rings is 1. The fraction of sp³-hybridized carbons (Fsp3) is 0.333. The molecule has 0 N–H and O–H groups in total. The van der Waals surface area contributed by atoms with Gasteiger partial charge in [0.2, 0.25) is 5.91 Å². The van der Waals surface area contributed by atoms with Gasteiger partial charge < -0.3 is 4.90 Å². The van der Waals surface area contributed by atoms with Crippen molar-refractivity contribution in [2.75, 3.05) is 0 Å². The minimum absolute atomic E-state index is 0.0387. The van der Waals surface area contributed by atoms with E-state index in [0.29, 0.717) is 11.7 Å². The Kier molecular flexibility index (Phi) is 5.61. The summed E-state index contributed by atoms with van der Waals surface area (Å²) in [5, 5.41) is 4.78. The fourth-order valence-corrected chi connectivity index (χ4v) is 2.62. The third-order valence-electron chi connectivity index (χ3n) is 3.69. The Labute approximate surface area is 142 Å². The van der Waals surface area contributed by atoms with E-state index >= 15 is 0 Å². The fourth-order valence-electron chi connectivity index (χ4n) is 2.38. The van der Waals surface area contributed by atoms with Gasteiger partial charge in [0.1, 0.15) is 5.15 Å². The molecule has 4 nitrogen and oxygen atoms in total. The number of aryl methyl sites for hydroxylation is 2. The van der Waals surface area contributed by atoms with Crippen molar-refractivity contribution in [1.82, 2.24) is 14.7 Å². The number of amides is 1. The van der Waals surface area contributed by atoms with Gasteiger partial charge >= 0.3 is 0 Å². The zero-order chi connectivity index (χ0) is 17.0. The average Bonchev–Trinajstić information content (AvgIpc) is 2.76. The predicted molar refractivity (Wildman–Crippen MR) is 94.1 cm³/mol. The van der Waals surface area contributed by atoms with Crippen LogP contribution in [0, 0.1) is 6.92 Å². The van der Waals surface area contributed by atoms with Crippen molar-refractivity contribution in [3.63, 3.8) is 0 Å². The Morgan fingerprint density at radius 1 is 1.35 bits per heavy atom. The molecule has 0 aliphatic carbocycles. The Balaban J connectivity index is 2.17. The van der Waals surface area contributed by atoms with Crippen molar-refractivity contribution in [3.8, 4) is 0 Å². The second kappa shape index (κ2) is 7.47. The number of aromatic nitrogens is 2. The third kappa shape index (κ3) is 4.23. The number of halogens is 1. The number of nitrogens with zero attached hydrogens (tertiary/aromatic N) is 3. The van der Waals surface area contributed by atoms with Crippen LogP contribution in [-0.2, 0) is 18.4 Å². The molecule has 0 aliphatic rings. The van der Waals surface area contributed by atoms with Gasteiger partial charge in [-0.2, -0.15) is 5.10 Å². The third-order valence-corrected chi connectivity index (χ3v) is 4.14. The maximum Gasteiger partial charge on any atom is 0.247 e. The minimum atomic E-state index is -0.0387. The van der Waals surface area contributed by atoms with Crippen LogP contribution in [0.2, 0.25) is 5.15 Å². The molecule has 0 radical (unpaired) electrons. The van der Waals surface area contributed by atoms with Crippen molar-refractivity contribution in [2.24, 2.45) is 7.05 Å². The number of rotatable bonds is 5. The van der Waals surface area contributed by atoms with E-state index in [1.807, 2.05) is 56.0 Å². The van der Waals surface area contributed by atoms with E-state index in [1.165, 1.54) is 0 Å². The van der Waals surface area contributed by atoms with Crippen molar-refractivity contribution >= 4 is 23.6 Å². The molecule has 0 saturated heterocycles. The molecule has 2 rings (SSSR count). The summed E-state index contributed by atoms with van der Waals surface area (Å²) < 4.78 is 1.60. The summed E-state index contributed by atoms with van der Waals surface area (Å²) in [5.74, 6) is -0.0387. The van der Waals surface area contributed by atoms with E-state index in [-0.39, 0.29) is 11.9 Å². The molecular formula is C18H22ClN3O. The Morgan fingerprint density at radius 2 is 2.00 bits per heavy atom. The molecule has 0 saturated carbocycles. The van der Waals surface area contributed by atoms with Crippen molar-refractivity contribution in [1.29, 1.82) is 0 Å². The molecular weight excluding hydrogens is 310 g/mol. The zero-order valence-corrected chi connectivity index (χ0v) is 14.7. The largest absolute Gasteiger partial charge is 0.332 e. The lowest BCUT2D eigenvalue weighted by molar-refractivity contribution is -0.128. The topological polar surface area (TPSA) is 38.1 Å². The van der Waals surface area contributed by atoms with Crippen molar-refractivity contribution in [3.05, 3.63) is 58.4 Å². The van der Waals surface area contributed by atoms with Crippen LogP contribution < -0.4 is 0 Å². The summed E-state index contributed by atoms with van der Waals surface area (Å²) in [5.41, 5.74) is 2.70. The molecule has 23 heavy (non-hydrogen) atoms. The summed E-state index contributed by atoms with van der Waals surface area (Å²) in [6, 6.07) is 10.1. The van der Waals surface area contributed by atoms with Gasteiger partial charge in [-0.15, -0.1) is 0 Å². The highest BCUT2D eigenvalue weighted by atomic mass is 35.5. The van der Waals surface area contributed by atoms with E-state index in [0.717, 1.165) is 16.8 Å². The standard InChI is InChI=1S/C18H22ClN3O/c1-13(2)22(12-15-8-6-5-7-9-15)17(23)11-10-16-14(3)20-21(4)18(16)19/h5-11,13H,12H2,1-4H3/b11-10+. The summed E-state index contributed by atoms with van der Waals surface area (Å²) in [6.45, 7) is 6.48. The molecule has 1 aromatic heterocycles. The monoisotopic (exact) mass is 331 g/mol. The van der Waals surface area contributed by atoms with Gasteiger partial charge in [0.15, 0.2) is 0 Å². The van der Waals surface area contributed by atoms with Crippen molar-refractivity contribution < 1.29 is 4.79 Å².